The second kappa shape index (κ2) is 7.05. The van der Waals surface area contributed by atoms with Crippen LogP contribution in [0.5, 0.6) is 11.5 Å². The lowest BCUT2D eigenvalue weighted by Crippen LogP contribution is -2.29. The number of para-hydroxylation sites is 1. The Morgan fingerprint density at radius 2 is 1.52 bits per heavy atom. The minimum absolute atomic E-state index is 0.0518. The van der Waals surface area contributed by atoms with E-state index in [2.05, 4.69) is 0 Å². The first-order valence-electron chi connectivity index (χ1n) is 6.23. The van der Waals surface area contributed by atoms with Crippen molar-refractivity contribution in [1.82, 2.24) is 0 Å². The van der Waals surface area contributed by atoms with Crippen LogP contribution in [0.2, 0.25) is 0 Å². The van der Waals surface area contributed by atoms with Gasteiger partial charge >= 0.3 is 7.12 Å². The second-order valence-corrected chi connectivity index (χ2v) is 4.19. The molecule has 2 rings (SSSR count). The lowest BCUT2D eigenvalue weighted by atomic mass is 9.80. The molecule has 0 heterocycles. The average molecular weight is 294 g/mol. The zero-order valence-electron chi connectivity index (χ0n) is 11.0. The molecule has 0 aliphatic heterocycles. The van der Waals surface area contributed by atoms with Crippen molar-refractivity contribution in [1.29, 1.82) is 0 Å². The molecule has 2 aromatic carbocycles. The highest BCUT2D eigenvalue weighted by Gasteiger charge is 2.11. The minimum Gasteiger partial charge on any atom is -0.490 e. The summed E-state index contributed by atoms with van der Waals surface area (Å²) in [6.45, 7) is 0.00249. The van der Waals surface area contributed by atoms with E-state index in [-0.39, 0.29) is 18.7 Å². The molecule has 0 aliphatic carbocycles. The predicted molar refractivity (Wildman–Crippen MR) is 73.6 cm³/mol. The molecule has 0 aliphatic rings. The summed E-state index contributed by atoms with van der Waals surface area (Å²) in [4.78, 5) is 0. The second-order valence-electron chi connectivity index (χ2n) is 4.19. The van der Waals surface area contributed by atoms with Crippen molar-refractivity contribution in [3.05, 3.63) is 54.1 Å². The summed E-state index contributed by atoms with van der Waals surface area (Å²) in [6.07, 6.45) is 0. The molecule has 21 heavy (non-hydrogen) atoms. The zero-order chi connectivity index (χ0) is 15.2. The summed E-state index contributed by atoms with van der Waals surface area (Å²) >= 11 is 0. The van der Waals surface area contributed by atoms with Gasteiger partial charge in [-0.15, -0.1) is 0 Å². The molecule has 110 valence electrons. The molecule has 0 spiro atoms. The Labute approximate surface area is 120 Å². The van der Waals surface area contributed by atoms with Gasteiger partial charge in [0.05, 0.1) is 0 Å². The number of benzene rings is 2. The van der Waals surface area contributed by atoms with E-state index in [9.17, 15) is 8.78 Å². The Balaban J connectivity index is 1.86. The van der Waals surface area contributed by atoms with Gasteiger partial charge in [0.15, 0.2) is 17.4 Å². The fourth-order valence-electron chi connectivity index (χ4n) is 1.69. The molecule has 4 nitrogen and oxygen atoms in total. The Bertz CT molecular complexity index is 587. The molecule has 0 aromatic heterocycles. The first-order chi connectivity index (χ1) is 10.1. The monoisotopic (exact) mass is 294 g/mol. The molecule has 7 heteroatoms. The van der Waals surface area contributed by atoms with Crippen molar-refractivity contribution in [2.45, 2.75) is 0 Å². The Kier molecular flexibility index (Phi) is 5.13. The normalized spacial score (nSPS) is 10.3. The molecule has 0 atom stereocenters. The van der Waals surface area contributed by atoms with Crippen LogP contribution in [0.1, 0.15) is 0 Å². The van der Waals surface area contributed by atoms with Crippen LogP contribution in [0, 0.1) is 11.6 Å². The van der Waals surface area contributed by atoms with E-state index in [1.54, 1.807) is 12.1 Å². The molecule has 0 saturated carbocycles. The van der Waals surface area contributed by atoms with Gasteiger partial charge in [-0.25, -0.2) is 8.78 Å². The quantitative estimate of drug-likeness (QED) is 0.619. The number of hydrogen-bond acceptors (Lipinski definition) is 4. The topological polar surface area (TPSA) is 58.9 Å². The van der Waals surface area contributed by atoms with Crippen molar-refractivity contribution in [3.63, 3.8) is 0 Å². The van der Waals surface area contributed by atoms with Gasteiger partial charge in [0.2, 0.25) is 0 Å². The van der Waals surface area contributed by atoms with Gasteiger partial charge in [0.1, 0.15) is 19.0 Å². The summed E-state index contributed by atoms with van der Waals surface area (Å²) in [6, 6.07) is 9.66. The third kappa shape index (κ3) is 4.17. The van der Waals surface area contributed by atoms with E-state index in [4.69, 9.17) is 19.5 Å². The van der Waals surface area contributed by atoms with Gasteiger partial charge in [-0.1, -0.05) is 18.2 Å². The van der Waals surface area contributed by atoms with E-state index in [1.165, 1.54) is 18.2 Å². The molecule has 0 amide bonds. The summed E-state index contributed by atoms with van der Waals surface area (Å²) in [5.74, 6) is -1.60. The smallest absolute Gasteiger partial charge is 0.488 e. The van der Waals surface area contributed by atoms with Gasteiger partial charge < -0.3 is 19.5 Å². The fraction of sp³-hybridized carbons (Fsp3) is 0.143. The zero-order valence-corrected chi connectivity index (χ0v) is 11.0. The van der Waals surface area contributed by atoms with E-state index >= 15 is 0 Å². The third-order valence-electron chi connectivity index (χ3n) is 2.67. The van der Waals surface area contributed by atoms with E-state index in [0.717, 1.165) is 12.1 Å². The highest BCUT2D eigenvalue weighted by atomic mass is 19.1. The van der Waals surface area contributed by atoms with Crippen molar-refractivity contribution >= 4 is 12.6 Å². The molecule has 0 fully saturated rings. The van der Waals surface area contributed by atoms with Crippen LogP contribution in [-0.4, -0.2) is 30.4 Å². The Morgan fingerprint density at radius 1 is 0.905 bits per heavy atom. The Hall–Kier alpha value is -2.12. The predicted octanol–water partition coefficient (Wildman–Crippen LogP) is 1.10. The molecule has 0 bridgehead atoms. The van der Waals surface area contributed by atoms with Crippen molar-refractivity contribution < 1.29 is 28.3 Å². The maximum absolute atomic E-state index is 13.3. The van der Waals surface area contributed by atoms with Crippen LogP contribution in [0.3, 0.4) is 0 Å². The van der Waals surface area contributed by atoms with E-state index in [0.29, 0.717) is 5.75 Å². The molecule has 0 unspecified atom stereocenters. The Morgan fingerprint density at radius 3 is 2.19 bits per heavy atom. The highest BCUT2D eigenvalue weighted by Crippen LogP contribution is 2.20. The molecule has 0 radical (unpaired) electrons. The molecular formula is C14H13BF2O4. The van der Waals surface area contributed by atoms with Gasteiger partial charge in [-0.05, 0) is 29.7 Å². The first kappa shape index (κ1) is 15.3. The molecule has 2 N–H and O–H groups in total. The lowest BCUT2D eigenvalue weighted by Gasteiger charge is -2.10. The number of ether oxygens (including phenoxy) is 2. The number of rotatable bonds is 6. The van der Waals surface area contributed by atoms with Crippen LogP contribution in [0.15, 0.2) is 42.5 Å². The SMILES string of the molecule is OB(O)c1cccc(OCCOc2c(F)cccc2F)c1. The molecular weight excluding hydrogens is 281 g/mol. The van der Waals surface area contributed by atoms with Gasteiger partial charge in [0.25, 0.3) is 0 Å². The van der Waals surface area contributed by atoms with Gasteiger partial charge in [0, 0.05) is 0 Å². The standard InChI is InChI=1S/C14H13BF2O4/c16-12-5-2-6-13(17)14(12)21-8-7-20-11-4-1-3-10(9-11)15(18)19/h1-6,9,18-19H,7-8H2. The van der Waals surface area contributed by atoms with E-state index < -0.39 is 24.5 Å². The number of hydrogen-bond donors (Lipinski definition) is 2. The number of halogens is 2. The minimum atomic E-state index is -1.59. The maximum Gasteiger partial charge on any atom is 0.488 e. The summed E-state index contributed by atoms with van der Waals surface area (Å²) < 4.78 is 36.9. The van der Waals surface area contributed by atoms with Gasteiger partial charge in [-0.2, -0.15) is 0 Å². The highest BCUT2D eigenvalue weighted by molar-refractivity contribution is 6.58. The maximum atomic E-state index is 13.3. The fourth-order valence-corrected chi connectivity index (χ4v) is 1.69. The lowest BCUT2D eigenvalue weighted by molar-refractivity contribution is 0.205. The molecule has 0 saturated heterocycles. The van der Waals surface area contributed by atoms with E-state index in [1.807, 2.05) is 0 Å². The van der Waals surface area contributed by atoms with Crippen molar-refractivity contribution in [2.24, 2.45) is 0 Å². The third-order valence-corrected chi connectivity index (χ3v) is 2.67. The van der Waals surface area contributed by atoms with Gasteiger partial charge in [-0.3, -0.25) is 0 Å². The van der Waals surface area contributed by atoms with Crippen LogP contribution >= 0.6 is 0 Å². The summed E-state index contributed by atoms with van der Waals surface area (Å²) in [5.41, 5.74) is 0.286. The van der Waals surface area contributed by atoms with Crippen LogP contribution in [-0.2, 0) is 0 Å². The average Bonchev–Trinajstić information content (AvgIpc) is 2.46. The largest absolute Gasteiger partial charge is 0.490 e. The van der Waals surface area contributed by atoms with Crippen LogP contribution < -0.4 is 14.9 Å². The van der Waals surface area contributed by atoms with Crippen LogP contribution in [0.4, 0.5) is 8.78 Å². The summed E-state index contributed by atoms with van der Waals surface area (Å²) in [7, 11) is -1.59. The van der Waals surface area contributed by atoms with Crippen LogP contribution in [0.25, 0.3) is 0 Å². The van der Waals surface area contributed by atoms with Crippen molar-refractivity contribution in [2.75, 3.05) is 13.2 Å². The van der Waals surface area contributed by atoms with Crippen molar-refractivity contribution in [3.8, 4) is 11.5 Å². The molecule has 2 aromatic rings. The first-order valence-corrected chi connectivity index (χ1v) is 6.23. The summed E-state index contributed by atoms with van der Waals surface area (Å²) in [5, 5.41) is 18.0.